The number of rotatable bonds is 5. The lowest BCUT2D eigenvalue weighted by atomic mass is 9.93. The van der Waals surface area contributed by atoms with E-state index in [1.807, 2.05) is 13.0 Å². The lowest BCUT2D eigenvalue weighted by Gasteiger charge is -2.32. The number of hydrogen-bond donors (Lipinski definition) is 2. The van der Waals surface area contributed by atoms with Crippen LogP contribution in [-0.4, -0.2) is 36.0 Å². The number of benzene rings is 1. The summed E-state index contributed by atoms with van der Waals surface area (Å²) in [5, 5.41) is 6.47. The number of carbonyl (C=O) groups is 2. The molecular weight excluding hydrogens is 326 g/mol. The molecule has 2 rings (SSSR count). The van der Waals surface area contributed by atoms with E-state index >= 15 is 0 Å². The van der Waals surface area contributed by atoms with Crippen LogP contribution in [0.5, 0.6) is 0 Å². The topological polar surface area (TPSA) is 61.4 Å². The molecule has 1 atom stereocenters. The third kappa shape index (κ3) is 5.71. The van der Waals surface area contributed by atoms with Crippen molar-refractivity contribution in [2.75, 3.05) is 18.4 Å². The normalized spacial score (nSPS) is 16.5. The van der Waals surface area contributed by atoms with Crippen molar-refractivity contribution in [1.82, 2.24) is 10.2 Å². The molecule has 0 radical (unpaired) electrons. The van der Waals surface area contributed by atoms with Crippen molar-refractivity contribution >= 4 is 29.2 Å². The first-order chi connectivity index (χ1) is 11.5. The third-order valence-corrected chi connectivity index (χ3v) is 4.71. The molecule has 5 nitrogen and oxygen atoms in total. The van der Waals surface area contributed by atoms with Crippen LogP contribution in [0.3, 0.4) is 0 Å². The van der Waals surface area contributed by atoms with Crippen molar-refractivity contribution in [2.45, 2.75) is 45.6 Å². The number of amides is 3. The van der Waals surface area contributed by atoms with Gasteiger partial charge in [-0.3, -0.25) is 4.79 Å². The molecule has 1 aromatic rings. The van der Waals surface area contributed by atoms with Crippen LogP contribution in [-0.2, 0) is 4.79 Å². The SMILES string of the molecule is CCC(C)NC(=O)CC1CCN(C(=O)Nc2cccc(Cl)c2)CC1. The van der Waals surface area contributed by atoms with Crippen LogP contribution in [0.1, 0.15) is 39.5 Å². The minimum absolute atomic E-state index is 0.111. The van der Waals surface area contributed by atoms with Gasteiger partial charge < -0.3 is 15.5 Å². The number of piperidine rings is 1. The molecule has 1 heterocycles. The van der Waals surface area contributed by atoms with Crippen LogP contribution in [0, 0.1) is 5.92 Å². The van der Waals surface area contributed by atoms with Crippen LogP contribution in [0.4, 0.5) is 10.5 Å². The van der Waals surface area contributed by atoms with E-state index in [9.17, 15) is 9.59 Å². The molecular formula is C18H26ClN3O2. The highest BCUT2D eigenvalue weighted by atomic mass is 35.5. The van der Waals surface area contributed by atoms with Gasteiger partial charge in [0.15, 0.2) is 0 Å². The maximum absolute atomic E-state index is 12.3. The van der Waals surface area contributed by atoms with E-state index in [0.29, 0.717) is 36.1 Å². The van der Waals surface area contributed by atoms with E-state index < -0.39 is 0 Å². The van der Waals surface area contributed by atoms with Gasteiger partial charge in [-0.2, -0.15) is 0 Å². The molecule has 0 saturated carbocycles. The summed E-state index contributed by atoms with van der Waals surface area (Å²) in [5.74, 6) is 0.468. The summed E-state index contributed by atoms with van der Waals surface area (Å²) in [4.78, 5) is 26.0. The average Bonchev–Trinajstić information content (AvgIpc) is 2.55. The van der Waals surface area contributed by atoms with Gasteiger partial charge >= 0.3 is 6.03 Å². The Morgan fingerprint density at radius 1 is 1.33 bits per heavy atom. The first-order valence-corrected chi connectivity index (χ1v) is 8.96. The zero-order chi connectivity index (χ0) is 17.5. The van der Waals surface area contributed by atoms with Gasteiger partial charge in [-0.1, -0.05) is 24.6 Å². The van der Waals surface area contributed by atoms with Crippen molar-refractivity contribution in [2.24, 2.45) is 5.92 Å². The van der Waals surface area contributed by atoms with E-state index in [-0.39, 0.29) is 18.0 Å². The molecule has 6 heteroatoms. The first kappa shape index (κ1) is 18.6. The Morgan fingerprint density at radius 3 is 2.67 bits per heavy atom. The van der Waals surface area contributed by atoms with Gasteiger partial charge in [0.25, 0.3) is 0 Å². The fourth-order valence-corrected chi connectivity index (χ4v) is 3.00. The molecule has 132 valence electrons. The van der Waals surface area contributed by atoms with Crippen LogP contribution in [0.15, 0.2) is 24.3 Å². The minimum Gasteiger partial charge on any atom is -0.354 e. The number of urea groups is 1. The molecule has 1 fully saturated rings. The van der Waals surface area contributed by atoms with Gasteiger partial charge in [0, 0.05) is 36.3 Å². The van der Waals surface area contributed by atoms with Crippen molar-refractivity contribution in [3.05, 3.63) is 29.3 Å². The Balaban J connectivity index is 1.75. The molecule has 1 unspecified atom stereocenters. The highest BCUT2D eigenvalue weighted by Crippen LogP contribution is 2.22. The number of anilines is 1. The number of likely N-dealkylation sites (tertiary alicyclic amines) is 1. The summed E-state index contributed by atoms with van der Waals surface area (Å²) in [5.41, 5.74) is 0.697. The molecule has 0 aromatic heterocycles. The van der Waals surface area contributed by atoms with Crippen molar-refractivity contribution < 1.29 is 9.59 Å². The Kier molecular flexibility index (Phi) is 6.91. The van der Waals surface area contributed by atoms with Crippen LogP contribution in [0.25, 0.3) is 0 Å². The molecule has 3 amide bonds. The van der Waals surface area contributed by atoms with E-state index in [4.69, 9.17) is 11.6 Å². The second kappa shape index (κ2) is 8.92. The zero-order valence-electron chi connectivity index (χ0n) is 14.3. The second-order valence-corrected chi connectivity index (χ2v) is 6.89. The van der Waals surface area contributed by atoms with Gasteiger partial charge in [0.2, 0.25) is 5.91 Å². The van der Waals surface area contributed by atoms with Crippen molar-refractivity contribution in [3.63, 3.8) is 0 Å². The van der Waals surface area contributed by atoms with Gasteiger partial charge in [0.1, 0.15) is 0 Å². The Bertz CT molecular complexity index is 571. The summed E-state index contributed by atoms with van der Waals surface area (Å²) < 4.78 is 0. The molecule has 0 aliphatic carbocycles. The minimum atomic E-state index is -0.111. The smallest absolute Gasteiger partial charge is 0.321 e. The number of hydrogen-bond acceptors (Lipinski definition) is 2. The zero-order valence-corrected chi connectivity index (χ0v) is 15.1. The molecule has 0 spiro atoms. The first-order valence-electron chi connectivity index (χ1n) is 8.58. The van der Waals surface area contributed by atoms with E-state index in [2.05, 4.69) is 17.6 Å². The number of halogens is 1. The summed E-state index contributed by atoms with van der Waals surface area (Å²) in [6.45, 7) is 5.42. The lowest BCUT2D eigenvalue weighted by molar-refractivity contribution is -0.122. The molecule has 1 aliphatic rings. The largest absolute Gasteiger partial charge is 0.354 e. The Hall–Kier alpha value is -1.75. The Labute approximate surface area is 148 Å². The number of nitrogens with zero attached hydrogens (tertiary/aromatic N) is 1. The fraction of sp³-hybridized carbons (Fsp3) is 0.556. The van der Waals surface area contributed by atoms with Crippen molar-refractivity contribution in [1.29, 1.82) is 0 Å². The third-order valence-electron chi connectivity index (χ3n) is 4.47. The average molecular weight is 352 g/mol. The van der Waals surface area contributed by atoms with Gasteiger partial charge in [0.05, 0.1) is 0 Å². The Morgan fingerprint density at radius 2 is 2.04 bits per heavy atom. The number of carbonyl (C=O) groups excluding carboxylic acids is 2. The van der Waals surface area contributed by atoms with Gasteiger partial charge in [-0.15, -0.1) is 0 Å². The van der Waals surface area contributed by atoms with Crippen molar-refractivity contribution in [3.8, 4) is 0 Å². The summed E-state index contributed by atoms with van der Waals surface area (Å²) in [7, 11) is 0. The maximum Gasteiger partial charge on any atom is 0.321 e. The highest BCUT2D eigenvalue weighted by molar-refractivity contribution is 6.30. The molecule has 2 N–H and O–H groups in total. The van der Waals surface area contributed by atoms with E-state index in [1.165, 1.54) is 0 Å². The second-order valence-electron chi connectivity index (χ2n) is 6.45. The molecule has 1 saturated heterocycles. The van der Waals surface area contributed by atoms with Crippen LogP contribution < -0.4 is 10.6 Å². The van der Waals surface area contributed by atoms with Gasteiger partial charge in [-0.05, 0) is 50.3 Å². The van der Waals surface area contributed by atoms with E-state index in [0.717, 1.165) is 19.3 Å². The monoisotopic (exact) mass is 351 g/mol. The maximum atomic E-state index is 12.3. The lowest BCUT2D eigenvalue weighted by Crippen LogP contribution is -2.42. The predicted octanol–water partition coefficient (Wildman–Crippen LogP) is 3.89. The predicted molar refractivity (Wildman–Crippen MR) is 97.3 cm³/mol. The molecule has 1 aliphatic heterocycles. The van der Waals surface area contributed by atoms with E-state index in [1.54, 1.807) is 23.1 Å². The summed E-state index contributed by atoms with van der Waals surface area (Å²) >= 11 is 5.93. The number of nitrogens with one attached hydrogen (secondary N) is 2. The van der Waals surface area contributed by atoms with Crippen LogP contribution in [0.2, 0.25) is 5.02 Å². The quantitative estimate of drug-likeness (QED) is 0.845. The molecule has 24 heavy (non-hydrogen) atoms. The van der Waals surface area contributed by atoms with Gasteiger partial charge in [-0.25, -0.2) is 4.79 Å². The standard InChI is InChI=1S/C18H26ClN3O2/c1-3-13(2)20-17(23)11-14-7-9-22(10-8-14)18(24)21-16-6-4-5-15(19)12-16/h4-6,12-14H,3,7-11H2,1-2H3,(H,20,23)(H,21,24). The highest BCUT2D eigenvalue weighted by Gasteiger charge is 2.24. The fourth-order valence-electron chi connectivity index (χ4n) is 2.81. The molecule has 0 bridgehead atoms. The molecule has 1 aromatic carbocycles. The summed E-state index contributed by atoms with van der Waals surface area (Å²) in [6.07, 6.45) is 3.20. The summed E-state index contributed by atoms with van der Waals surface area (Å²) in [6, 6.07) is 7.23. The van der Waals surface area contributed by atoms with Crippen LogP contribution >= 0.6 is 11.6 Å².